The minimum atomic E-state index is 0.236. The quantitative estimate of drug-likeness (QED) is 0.790. The number of hydrogen-bond donors (Lipinski definition) is 1. The van der Waals surface area contributed by atoms with Crippen molar-refractivity contribution in [2.45, 2.75) is 18.5 Å². The molecule has 16 heavy (non-hydrogen) atoms. The van der Waals surface area contributed by atoms with Crippen LogP contribution in [0.4, 0.5) is 0 Å². The number of likely N-dealkylation sites (N-methyl/N-ethyl adjacent to an activating group) is 1. The molecule has 0 aromatic carbocycles. The Kier molecular flexibility index (Phi) is 3.58. The van der Waals surface area contributed by atoms with Crippen molar-refractivity contribution in [2.75, 3.05) is 26.8 Å². The molecule has 0 saturated carbocycles. The Bertz CT molecular complexity index is 332. The first-order chi connectivity index (χ1) is 7.72. The Morgan fingerprint density at radius 3 is 3.06 bits per heavy atom. The zero-order valence-corrected chi connectivity index (χ0v) is 9.97. The molecule has 0 bridgehead atoms. The fourth-order valence-corrected chi connectivity index (χ4v) is 2.25. The molecule has 2 rings (SSSR count). The first-order valence-electron chi connectivity index (χ1n) is 5.70. The molecule has 5 heteroatoms. The molecule has 1 aromatic heterocycles. The first-order valence-corrected chi connectivity index (χ1v) is 5.70. The second-order valence-corrected chi connectivity index (χ2v) is 4.38. The van der Waals surface area contributed by atoms with Crippen LogP contribution in [0.25, 0.3) is 0 Å². The number of aryl methyl sites for hydroxylation is 1. The zero-order valence-electron chi connectivity index (χ0n) is 9.97. The number of hydrogen-bond acceptors (Lipinski definition) is 4. The molecule has 5 nitrogen and oxygen atoms in total. The Morgan fingerprint density at radius 1 is 1.75 bits per heavy atom. The summed E-state index contributed by atoms with van der Waals surface area (Å²) in [5.41, 5.74) is 7.04. The average Bonchev–Trinajstić information content (AvgIpc) is 2.90. The van der Waals surface area contributed by atoms with Crippen LogP contribution in [-0.2, 0) is 11.8 Å². The van der Waals surface area contributed by atoms with E-state index < -0.39 is 0 Å². The van der Waals surface area contributed by atoms with E-state index in [0.29, 0.717) is 12.6 Å². The van der Waals surface area contributed by atoms with E-state index in [0.717, 1.165) is 19.6 Å². The van der Waals surface area contributed by atoms with Crippen molar-refractivity contribution in [3.05, 3.63) is 18.0 Å². The van der Waals surface area contributed by atoms with Crippen LogP contribution in [0.15, 0.2) is 12.4 Å². The molecular formula is C11H20N4O. The lowest BCUT2D eigenvalue weighted by atomic mass is 10.1. The van der Waals surface area contributed by atoms with Gasteiger partial charge in [0.2, 0.25) is 0 Å². The summed E-state index contributed by atoms with van der Waals surface area (Å²) in [6.07, 6.45) is 5.01. The summed E-state index contributed by atoms with van der Waals surface area (Å²) in [4.78, 5) is 2.31. The van der Waals surface area contributed by atoms with Gasteiger partial charge in [-0.1, -0.05) is 0 Å². The summed E-state index contributed by atoms with van der Waals surface area (Å²) in [5.74, 6) is 0. The van der Waals surface area contributed by atoms with Crippen LogP contribution in [0.5, 0.6) is 0 Å². The summed E-state index contributed by atoms with van der Waals surface area (Å²) in [5, 5.41) is 4.20. The van der Waals surface area contributed by atoms with Gasteiger partial charge in [0, 0.05) is 38.0 Å². The molecule has 1 saturated heterocycles. The van der Waals surface area contributed by atoms with Gasteiger partial charge in [-0.25, -0.2) is 0 Å². The van der Waals surface area contributed by atoms with Crippen LogP contribution in [0, 0.1) is 0 Å². The molecule has 90 valence electrons. The lowest BCUT2D eigenvalue weighted by Gasteiger charge is -2.30. The van der Waals surface area contributed by atoms with E-state index in [1.807, 2.05) is 24.1 Å². The van der Waals surface area contributed by atoms with Crippen molar-refractivity contribution < 1.29 is 4.74 Å². The highest BCUT2D eigenvalue weighted by molar-refractivity contribution is 5.11. The lowest BCUT2D eigenvalue weighted by molar-refractivity contribution is 0.134. The van der Waals surface area contributed by atoms with Crippen molar-refractivity contribution in [1.82, 2.24) is 14.7 Å². The monoisotopic (exact) mass is 224 g/mol. The molecule has 0 amide bonds. The predicted octanol–water partition coefficient (Wildman–Crippen LogP) is 0.141. The van der Waals surface area contributed by atoms with Crippen molar-refractivity contribution in [3.8, 4) is 0 Å². The molecule has 2 unspecified atom stereocenters. The Hall–Kier alpha value is -0.910. The lowest BCUT2D eigenvalue weighted by Crippen LogP contribution is -2.38. The van der Waals surface area contributed by atoms with Crippen molar-refractivity contribution in [3.63, 3.8) is 0 Å². The minimum absolute atomic E-state index is 0.236. The second-order valence-electron chi connectivity index (χ2n) is 4.38. The molecular weight excluding hydrogens is 204 g/mol. The molecule has 2 heterocycles. The topological polar surface area (TPSA) is 56.3 Å². The third-order valence-electron chi connectivity index (χ3n) is 3.31. The maximum absolute atomic E-state index is 5.86. The van der Waals surface area contributed by atoms with Gasteiger partial charge in [-0.15, -0.1) is 0 Å². The molecule has 0 radical (unpaired) electrons. The Labute approximate surface area is 96.2 Å². The fourth-order valence-electron chi connectivity index (χ4n) is 2.25. The van der Waals surface area contributed by atoms with Gasteiger partial charge in [0.05, 0.1) is 18.8 Å². The van der Waals surface area contributed by atoms with Crippen LogP contribution in [0.2, 0.25) is 0 Å². The Balaban J connectivity index is 2.09. The second kappa shape index (κ2) is 4.95. The van der Waals surface area contributed by atoms with Gasteiger partial charge in [-0.05, 0) is 13.5 Å². The Morgan fingerprint density at radius 2 is 2.56 bits per heavy atom. The van der Waals surface area contributed by atoms with E-state index in [-0.39, 0.29) is 6.04 Å². The summed E-state index contributed by atoms with van der Waals surface area (Å²) in [6.45, 7) is 2.28. The molecule has 2 N–H and O–H groups in total. The highest BCUT2D eigenvalue weighted by atomic mass is 16.5. The molecule has 1 aliphatic rings. The summed E-state index contributed by atoms with van der Waals surface area (Å²) >= 11 is 0. The number of ether oxygens (including phenoxy) is 1. The van der Waals surface area contributed by atoms with Crippen molar-refractivity contribution in [1.29, 1.82) is 0 Å². The standard InChI is InChI=1S/C11H20N4O/c1-14-7-9(6-13-14)11(5-12)15(2)10-3-4-16-8-10/h6-7,10-11H,3-5,8,12H2,1-2H3. The van der Waals surface area contributed by atoms with Crippen LogP contribution >= 0.6 is 0 Å². The first kappa shape index (κ1) is 11.6. The van der Waals surface area contributed by atoms with Crippen LogP contribution in [0.1, 0.15) is 18.0 Å². The summed E-state index contributed by atoms with van der Waals surface area (Å²) in [7, 11) is 4.04. The molecule has 1 aliphatic heterocycles. The SMILES string of the molecule is CN(C1CCOC1)C(CN)c1cnn(C)c1. The maximum atomic E-state index is 5.86. The third-order valence-corrected chi connectivity index (χ3v) is 3.31. The smallest absolute Gasteiger partial charge is 0.0622 e. The maximum Gasteiger partial charge on any atom is 0.0622 e. The van der Waals surface area contributed by atoms with Gasteiger partial charge in [0.25, 0.3) is 0 Å². The average molecular weight is 224 g/mol. The molecule has 0 spiro atoms. The van der Waals surface area contributed by atoms with E-state index in [2.05, 4.69) is 17.0 Å². The largest absolute Gasteiger partial charge is 0.380 e. The summed E-state index contributed by atoms with van der Waals surface area (Å²) < 4.78 is 7.23. The van der Waals surface area contributed by atoms with Crippen molar-refractivity contribution in [2.24, 2.45) is 12.8 Å². The van der Waals surface area contributed by atoms with Crippen LogP contribution < -0.4 is 5.73 Å². The molecule has 0 aliphatic carbocycles. The highest BCUT2D eigenvalue weighted by Crippen LogP contribution is 2.23. The van der Waals surface area contributed by atoms with Crippen LogP contribution in [-0.4, -0.2) is 47.5 Å². The zero-order chi connectivity index (χ0) is 11.5. The van der Waals surface area contributed by atoms with E-state index >= 15 is 0 Å². The van der Waals surface area contributed by atoms with E-state index in [9.17, 15) is 0 Å². The van der Waals surface area contributed by atoms with E-state index in [4.69, 9.17) is 10.5 Å². The number of nitrogens with two attached hydrogens (primary N) is 1. The van der Waals surface area contributed by atoms with Gasteiger partial charge in [0.1, 0.15) is 0 Å². The number of rotatable bonds is 4. The minimum Gasteiger partial charge on any atom is -0.380 e. The molecule has 1 fully saturated rings. The van der Waals surface area contributed by atoms with Gasteiger partial charge in [-0.3, -0.25) is 9.58 Å². The predicted molar refractivity (Wildman–Crippen MR) is 62.0 cm³/mol. The molecule has 1 aromatic rings. The van der Waals surface area contributed by atoms with E-state index in [1.165, 1.54) is 5.56 Å². The van der Waals surface area contributed by atoms with Gasteiger partial charge in [-0.2, -0.15) is 5.10 Å². The number of nitrogens with zero attached hydrogens (tertiary/aromatic N) is 3. The normalized spacial score (nSPS) is 22.9. The van der Waals surface area contributed by atoms with Crippen LogP contribution in [0.3, 0.4) is 0 Å². The van der Waals surface area contributed by atoms with E-state index in [1.54, 1.807) is 0 Å². The summed E-state index contributed by atoms with van der Waals surface area (Å²) in [6, 6.07) is 0.717. The van der Waals surface area contributed by atoms with Gasteiger partial charge >= 0.3 is 0 Å². The van der Waals surface area contributed by atoms with Crippen molar-refractivity contribution >= 4 is 0 Å². The fraction of sp³-hybridized carbons (Fsp3) is 0.727. The molecule has 2 atom stereocenters. The van der Waals surface area contributed by atoms with Gasteiger partial charge < -0.3 is 10.5 Å². The van der Waals surface area contributed by atoms with Gasteiger partial charge in [0.15, 0.2) is 0 Å². The third kappa shape index (κ3) is 2.26. The number of aromatic nitrogens is 2. The highest BCUT2D eigenvalue weighted by Gasteiger charge is 2.27.